The van der Waals surface area contributed by atoms with Crippen molar-refractivity contribution in [2.45, 2.75) is 138 Å². The van der Waals surface area contributed by atoms with E-state index in [0.29, 0.717) is 19.0 Å². The number of aliphatic hydroxyl groups is 7. The number of likely N-dealkylation sites (N-methyl/N-ethyl adjacent to an activating group) is 1. The van der Waals surface area contributed by atoms with Crippen LogP contribution in [0.3, 0.4) is 0 Å². The van der Waals surface area contributed by atoms with Crippen LogP contribution in [0.1, 0.15) is 71.6 Å². The number of Topliss-reactive ketones (excluding diaryl/α,β-unsaturated/α-hetero) is 1. The maximum atomic E-state index is 12.3. The van der Waals surface area contributed by atoms with Gasteiger partial charge in [0.2, 0.25) is 5.91 Å². The van der Waals surface area contributed by atoms with E-state index in [2.05, 4.69) is 20.5 Å². The zero-order valence-electron chi connectivity index (χ0n) is 30.2. The number of unbranched alkanes of at least 4 members (excludes halogenated alkanes) is 6. The van der Waals surface area contributed by atoms with E-state index in [9.17, 15) is 45.3 Å². The third-order valence-corrected chi connectivity index (χ3v) is 10.4. The monoisotopic (exact) mass is 753 g/mol. The first-order chi connectivity index (χ1) is 24.3. The van der Waals surface area contributed by atoms with Crippen LogP contribution >= 0.6 is 11.8 Å². The lowest BCUT2D eigenvalue weighted by molar-refractivity contribution is -0.338. The molecule has 4 unspecified atom stereocenters. The highest BCUT2D eigenvalue weighted by Gasteiger charge is 2.50. The number of ketones is 1. The number of carbonyl (C=O) groups is 2. The van der Waals surface area contributed by atoms with Crippen molar-refractivity contribution in [2.24, 2.45) is 10.7 Å². The average molecular weight is 754 g/mol. The molecule has 0 radical (unpaired) electrons. The van der Waals surface area contributed by atoms with Gasteiger partial charge in [-0.15, -0.1) is 11.8 Å². The van der Waals surface area contributed by atoms with Crippen molar-refractivity contribution < 1.29 is 59.5 Å². The summed E-state index contributed by atoms with van der Waals surface area (Å²) in [5, 5.41) is 76.9. The van der Waals surface area contributed by atoms with Gasteiger partial charge in [0.1, 0.15) is 60.1 Å². The quantitative estimate of drug-likeness (QED) is 0.0284. The van der Waals surface area contributed by atoms with Crippen molar-refractivity contribution in [3.63, 3.8) is 0 Å². The number of amides is 1. The second-order valence-corrected chi connectivity index (χ2v) is 14.5. The highest BCUT2D eigenvalue weighted by atomic mass is 32.2. The van der Waals surface area contributed by atoms with Crippen LogP contribution < -0.4 is 16.4 Å². The van der Waals surface area contributed by atoms with E-state index in [-0.39, 0.29) is 29.9 Å². The Bertz CT molecular complexity index is 1030. The summed E-state index contributed by atoms with van der Waals surface area (Å²) >= 11 is 1.09. The molecule has 0 aliphatic carbocycles. The summed E-state index contributed by atoms with van der Waals surface area (Å²) in [5.74, 6) is 0.732. The first kappa shape index (κ1) is 45.5. The third kappa shape index (κ3) is 15.7. The van der Waals surface area contributed by atoms with Gasteiger partial charge in [-0.3, -0.25) is 19.5 Å². The van der Waals surface area contributed by atoms with Crippen LogP contribution in [0, 0.1) is 0 Å². The lowest BCUT2D eigenvalue weighted by atomic mass is 9.97. The van der Waals surface area contributed by atoms with Crippen LogP contribution in [0.25, 0.3) is 0 Å². The predicted octanol–water partition coefficient (Wildman–Crippen LogP) is -2.22. The molecule has 11 N–H and O–H groups in total. The van der Waals surface area contributed by atoms with E-state index in [4.69, 9.17) is 19.9 Å². The summed E-state index contributed by atoms with van der Waals surface area (Å²) in [4.78, 5) is 30.2. The molecule has 0 aromatic carbocycles. The molecule has 2 aliphatic heterocycles. The van der Waals surface area contributed by atoms with E-state index in [0.717, 1.165) is 76.2 Å². The Labute approximate surface area is 305 Å². The average Bonchev–Trinajstić information content (AvgIpc) is 3.11. The molecule has 0 spiro atoms. The van der Waals surface area contributed by atoms with Gasteiger partial charge < -0.3 is 66.3 Å². The Hall–Kier alpha value is -1.68. The maximum Gasteiger partial charge on any atom is 0.220 e. The highest BCUT2D eigenvalue weighted by Crippen LogP contribution is 2.33. The fourth-order valence-corrected chi connectivity index (χ4v) is 6.80. The summed E-state index contributed by atoms with van der Waals surface area (Å²) < 4.78 is 16.6. The summed E-state index contributed by atoms with van der Waals surface area (Å²) in [7, 11) is 1.98. The molecule has 0 saturated carbocycles. The molecule has 17 nitrogen and oxygen atoms in total. The molecule has 298 valence electrons. The van der Waals surface area contributed by atoms with Crippen LogP contribution in [-0.2, 0) is 23.8 Å². The van der Waals surface area contributed by atoms with Crippen LogP contribution in [0.2, 0.25) is 0 Å². The standard InChI is InChI=1S/C33H63N5O12S/c1-20(21(2)41)38(3)16-11-7-6-10-15-37-33(34)36-14-9-5-4-8-13-35-24(42)12-17-51-32-29(47)27(45)30(23(19-40)49-32)50-31-28(46)26(44)25(43)22(18-39)48-31/h20,22-23,25-32,39-40,43-47H,4-19H2,1-3H3,(H,35,42)(H3,34,36,37)/t20-,22?,23?,25-,26+,27-,28?,29?,30-,31+,32-/m1/s1. The van der Waals surface area contributed by atoms with Crippen LogP contribution in [-0.4, -0.2) is 177 Å². The fraction of sp³-hybridized carbons (Fsp3) is 0.909. The van der Waals surface area contributed by atoms with Crippen LogP contribution in [0.5, 0.6) is 0 Å². The van der Waals surface area contributed by atoms with E-state index < -0.39 is 73.8 Å². The van der Waals surface area contributed by atoms with Crippen molar-refractivity contribution >= 4 is 29.4 Å². The molecule has 11 atom stereocenters. The Balaban J connectivity index is 1.53. The number of aliphatic imine (C=N–C) groups is 1. The van der Waals surface area contributed by atoms with E-state index in [1.54, 1.807) is 6.92 Å². The lowest BCUT2D eigenvalue weighted by Crippen LogP contribution is -2.64. The number of hydrogen-bond donors (Lipinski definition) is 10. The number of rotatable bonds is 24. The number of carbonyl (C=O) groups excluding carboxylic acids is 2. The summed E-state index contributed by atoms with van der Waals surface area (Å²) in [6.45, 7) is 5.09. The number of aliphatic hydroxyl groups excluding tert-OH is 7. The molecule has 2 rings (SSSR count). The Morgan fingerprint density at radius 1 is 0.843 bits per heavy atom. The molecule has 0 bridgehead atoms. The normalized spacial score (nSPS) is 30.7. The van der Waals surface area contributed by atoms with Crippen LogP contribution in [0.15, 0.2) is 4.99 Å². The molecular formula is C33H63N5O12S. The first-order valence-electron chi connectivity index (χ1n) is 18.0. The molecule has 51 heavy (non-hydrogen) atoms. The predicted molar refractivity (Wildman–Crippen MR) is 191 cm³/mol. The number of nitrogens with one attached hydrogen (secondary N) is 2. The number of thioether (sulfide) groups is 1. The topological polar surface area (TPSA) is 269 Å². The van der Waals surface area contributed by atoms with E-state index in [1.165, 1.54) is 0 Å². The van der Waals surface area contributed by atoms with E-state index in [1.807, 2.05) is 14.0 Å². The Morgan fingerprint density at radius 2 is 1.47 bits per heavy atom. The minimum Gasteiger partial charge on any atom is -0.394 e. The van der Waals surface area contributed by atoms with Gasteiger partial charge in [-0.25, -0.2) is 0 Å². The van der Waals surface area contributed by atoms with Gasteiger partial charge in [-0.2, -0.15) is 0 Å². The van der Waals surface area contributed by atoms with Crippen molar-refractivity contribution in [2.75, 3.05) is 52.2 Å². The minimum absolute atomic E-state index is 0.0381. The summed E-state index contributed by atoms with van der Waals surface area (Å²) in [6, 6.07) is -0.0381. The van der Waals surface area contributed by atoms with Gasteiger partial charge in [0, 0.05) is 31.8 Å². The number of nitrogens with two attached hydrogens (primary N) is 1. The van der Waals surface area contributed by atoms with Gasteiger partial charge in [0.05, 0.1) is 19.3 Å². The fourth-order valence-electron chi connectivity index (χ4n) is 5.68. The number of nitrogens with zero attached hydrogens (tertiary/aromatic N) is 2. The number of hydrogen-bond acceptors (Lipinski definition) is 15. The van der Waals surface area contributed by atoms with Gasteiger partial charge >= 0.3 is 0 Å². The van der Waals surface area contributed by atoms with Gasteiger partial charge in [0.25, 0.3) is 0 Å². The molecule has 2 saturated heterocycles. The molecule has 2 heterocycles. The zero-order valence-corrected chi connectivity index (χ0v) is 31.0. The third-order valence-electron chi connectivity index (χ3n) is 9.25. The van der Waals surface area contributed by atoms with Crippen molar-refractivity contribution in [3.8, 4) is 0 Å². The summed E-state index contributed by atoms with van der Waals surface area (Å²) in [6.07, 6.45) is -5.51. The second-order valence-electron chi connectivity index (χ2n) is 13.3. The molecule has 2 aliphatic rings. The maximum absolute atomic E-state index is 12.3. The number of guanidine groups is 1. The van der Waals surface area contributed by atoms with Crippen molar-refractivity contribution in [3.05, 3.63) is 0 Å². The lowest BCUT2D eigenvalue weighted by Gasteiger charge is -2.46. The van der Waals surface area contributed by atoms with E-state index >= 15 is 0 Å². The SMILES string of the molecule is CC(=O)[C@@H](C)N(C)CCCCCCN=C(N)NCCCCCCNC(=O)CCS[C@H]1OC(CO)[C@@H](O[C@@H]2OC(CO)[C@@H](O)[C@H](O)C2O)[C@H](O)C1O. The first-order valence-corrected chi connectivity index (χ1v) is 19.1. The van der Waals surface area contributed by atoms with Crippen molar-refractivity contribution in [1.82, 2.24) is 15.5 Å². The Morgan fingerprint density at radius 3 is 2.12 bits per heavy atom. The summed E-state index contributed by atoms with van der Waals surface area (Å²) in [5.41, 5.74) is 4.97. The van der Waals surface area contributed by atoms with Gasteiger partial charge in [0.15, 0.2) is 12.2 Å². The largest absolute Gasteiger partial charge is 0.394 e. The van der Waals surface area contributed by atoms with Gasteiger partial charge in [-0.1, -0.05) is 25.7 Å². The van der Waals surface area contributed by atoms with Crippen molar-refractivity contribution in [1.29, 1.82) is 0 Å². The van der Waals surface area contributed by atoms with Gasteiger partial charge in [-0.05, 0) is 53.1 Å². The zero-order chi connectivity index (χ0) is 37.9. The molecule has 0 aromatic heterocycles. The Kier molecular flexibility index (Phi) is 21.9. The second kappa shape index (κ2) is 24.6. The van der Waals surface area contributed by atoms with Crippen LogP contribution in [0.4, 0.5) is 0 Å². The molecule has 1 amide bonds. The molecule has 18 heteroatoms. The number of ether oxygens (including phenoxy) is 3. The molecule has 2 fully saturated rings. The minimum atomic E-state index is -1.74. The highest BCUT2D eigenvalue weighted by molar-refractivity contribution is 7.99. The molecule has 0 aromatic rings. The smallest absolute Gasteiger partial charge is 0.220 e. The molecular weight excluding hydrogens is 690 g/mol.